The first-order valence-electron chi connectivity index (χ1n) is 10.1. The molecule has 7 nitrogen and oxygen atoms in total. The van der Waals surface area contributed by atoms with Gasteiger partial charge in [-0.05, 0) is 29.8 Å². The van der Waals surface area contributed by atoms with E-state index < -0.39 is 6.04 Å². The Kier molecular flexibility index (Phi) is 6.64. The molecule has 3 aromatic rings. The fourth-order valence-electron chi connectivity index (χ4n) is 3.75. The largest absolute Gasteiger partial charge is 0.495 e. The van der Waals surface area contributed by atoms with Gasteiger partial charge < -0.3 is 15.0 Å². The normalized spacial score (nSPS) is 15.4. The number of nitrogens with zero attached hydrogens (tertiary/aromatic N) is 4. The number of methoxy groups -OCH3 is 1. The molecule has 1 amide bonds. The molecular weight excluding hydrogens is 414 g/mol. The van der Waals surface area contributed by atoms with Gasteiger partial charge in [-0.3, -0.25) is 9.69 Å². The summed E-state index contributed by atoms with van der Waals surface area (Å²) in [4.78, 5) is 26.4. The van der Waals surface area contributed by atoms with Crippen LogP contribution < -0.4 is 15.0 Å². The average Bonchev–Trinajstić information content (AvgIpc) is 2.81. The monoisotopic (exact) mass is 437 g/mol. The maximum atomic E-state index is 13.4. The van der Waals surface area contributed by atoms with Gasteiger partial charge in [0.05, 0.1) is 12.1 Å². The first kappa shape index (κ1) is 21.1. The van der Waals surface area contributed by atoms with Gasteiger partial charge in [-0.15, -0.1) is 0 Å². The van der Waals surface area contributed by atoms with Crippen molar-refractivity contribution in [2.24, 2.45) is 0 Å². The van der Waals surface area contributed by atoms with Gasteiger partial charge in [-0.2, -0.15) is 0 Å². The molecule has 31 heavy (non-hydrogen) atoms. The predicted molar refractivity (Wildman–Crippen MR) is 122 cm³/mol. The molecule has 1 unspecified atom stereocenters. The summed E-state index contributed by atoms with van der Waals surface area (Å²) in [7, 11) is 1.56. The Balaban J connectivity index is 1.51. The Hall–Kier alpha value is -3.16. The quantitative estimate of drug-likeness (QED) is 0.634. The number of rotatable bonds is 6. The van der Waals surface area contributed by atoms with Crippen LogP contribution in [-0.4, -0.2) is 54.1 Å². The number of carbonyl (C=O) groups is 1. The van der Waals surface area contributed by atoms with Crippen LogP contribution in [0.5, 0.6) is 5.75 Å². The van der Waals surface area contributed by atoms with E-state index in [0.29, 0.717) is 29.5 Å². The molecule has 0 aliphatic carbocycles. The zero-order chi connectivity index (χ0) is 21.6. The third-order valence-electron chi connectivity index (χ3n) is 5.30. The summed E-state index contributed by atoms with van der Waals surface area (Å²) in [6.07, 6.45) is 3.49. The molecule has 1 aliphatic rings. The summed E-state index contributed by atoms with van der Waals surface area (Å²) in [6.45, 7) is 2.92. The molecule has 1 fully saturated rings. The Morgan fingerprint density at radius 1 is 1.03 bits per heavy atom. The topological polar surface area (TPSA) is 70.6 Å². The van der Waals surface area contributed by atoms with Crippen LogP contribution in [0.3, 0.4) is 0 Å². The SMILES string of the molecule is COc1ccc(NC(=O)C(c2ccccc2)N2CCN(c3ncccn3)CC2)cc1Cl. The molecule has 2 heterocycles. The molecule has 2 aromatic carbocycles. The van der Waals surface area contributed by atoms with Gasteiger partial charge in [0.1, 0.15) is 11.8 Å². The smallest absolute Gasteiger partial charge is 0.246 e. The second-order valence-electron chi connectivity index (χ2n) is 7.22. The van der Waals surface area contributed by atoms with Crippen molar-refractivity contribution in [3.05, 3.63) is 77.6 Å². The fourth-order valence-corrected chi connectivity index (χ4v) is 4.01. The second kappa shape index (κ2) is 9.76. The standard InChI is InChI=1S/C23H24ClN5O2/c1-31-20-9-8-18(16-19(20)24)27-22(30)21(17-6-3-2-4-7-17)28-12-14-29(15-13-28)23-25-10-5-11-26-23/h2-11,16,21H,12-15H2,1H3,(H,27,30). The van der Waals surface area contributed by atoms with E-state index in [9.17, 15) is 4.79 Å². The summed E-state index contributed by atoms with van der Waals surface area (Å²) < 4.78 is 5.20. The Labute approximate surface area is 186 Å². The molecule has 1 aromatic heterocycles. The van der Waals surface area contributed by atoms with Crippen LogP contribution in [0.15, 0.2) is 67.0 Å². The van der Waals surface area contributed by atoms with E-state index in [1.54, 1.807) is 43.8 Å². The Morgan fingerprint density at radius 3 is 2.39 bits per heavy atom. The van der Waals surface area contributed by atoms with Gasteiger partial charge in [0.2, 0.25) is 11.9 Å². The van der Waals surface area contributed by atoms with E-state index >= 15 is 0 Å². The number of piperazine rings is 1. The molecule has 1 N–H and O–H groups in total. The van der Waals surface area contributed by atoms with Crippen molar-refractivity contribution in [2.45, 2.75) is 6.04 Å². The van der Waals surface area contributed by atoms with Crippen molar-refractivity contribution >= 4 is 29.1 Å². The summed E-state index contributed by atoms with van der Waals surface area (Å²) in [5.41, 5.74) is 1.58. The first-order chi connectivity index (χ1) is 15.2. The number of nitrogens with one attached hydrogen (secondary N) is 1. The zero-order valence-corrected chi connectivity index (χ0v) is 18.0. The minimum atomic E-state index is -0.416. The van der Waals surface area contributed by atoms with Crippen LogP contribution in [0.1, 0.15) is 11.6 Å². The number of carbonyl (C=O) groups excluding carboxylic acids is 1. The third kappa shape index (κ3) is 4.95. The summed E-state index contributed by atoms with van der Waals surface area (Å²) in [5.74, 6) is 1.19. The molecular formula is C23H24ClN5O2. The van der Waals surface area contributed by atoms with E-state index in [0.717, 1.165) is 24.6 Å². The van der Waals surface area contributed by atoms with Gasteiger partial charge in [-0.25, -0.2) is 9.97 Å². The van der Waals surface area contributed by atoms with Gasteiger partial charge >= 0.3 is 0 Å². The number of anilines is 2. The van der Waals surface area contributed by atoms with Crippen LogP contribution in [0.25, 0.3) is 0 Å². The molecule has 0 radical (unpaired) electrons. The van der Waals surface area contributed by atoms with Crippen LogP contribution >= 0.6 is 11.6 Å². The maximum absolute atomic E-state index is 13.4. The second-order valence-corrected chi connectivity index (χ2v) is 7.63. The number of aromatic nitrogens is 2. The van der Waals surface area contributed by atoms with E-state index in [1.807, 2.05) is 30.3 Å². The zero-order valence-electron chi connectivity index (χ0n) is 17.2. The lowest BCUT2D eigenvalue weighted by atomic mass is 10.0. The van der Waals surface area contributed by atoms with Crippen LogP contribution in [0.2, 0.25) is 5.02 Å². The lowest BCUT2D eigenvalue weighted by Gasteiger charge is -2.38. The number of hydrogen-bond donors (Lipinski definition) is 1. The number of ether oxygens (including phenoxy) is 1. The average molecular weight is 438 g/mol. The molecule has 1 saturated heterocycles. The van der Waals surface area contributed by atoms with E-state index in [-0.39, 0.29) is 5.91 Å². The van der Waals surface area contributed by atoms with Crippen LogP contribution in [0.4, 0.5) is 11.6 Å². The third-order valence-corrected chi connectivity index (χ3v) is 5.59. The molecule has 0 spiro atoms. The summed E-state index contributed by atoms with van der Waals surface area (Å²) in [6, 6.07) is 16.4. The number of halogens is 1. The number of benzene rings is 2. The van der Waals surface area contributed by atoms with Crippen molar-refractivity contribution in [1.29, 1.82) is 0 Å². The minimum absolute atomic E-state index is 0.100. The predicted octanol–water partition coefficient (Wildman–Crippen LogP) is 3.64. The van der Waals surface area contributed by atoms with Gasteiger partial charge in [0.25, 0.3) is 0 Å². The fraction of sp³-hybridized carbons (Fsp3) is 0.261. The van der Waals surface area contributed by atoms with Crippen molar-refractivity contribution in [3.63, 3.8) is 0 Å². The van der Waals surface area contributed by atoms with Gasteiger partial charge in [-0.1, -0.05) is 41.9 Å². The molecule has 8 heteroatoms. The number of amides is 1. The highest BCUT2D eigenvalue weighted by atomic mass is 35.5. The van der Waals surface area contributed by atoms with Gasteiger partial charge in [0.15, 0.2) is 0 Å². The van der Waals surface area contributed by atoms with Crippen LogP contribution in [0, 0.1) is 0 Å². The lowest BCUT2D eigenvalue weighted by molar-refractivity contribution is -0.121. The minimum Gasteiger partial charge on any atom is -0.495 e. The molecule has 4 rings (SSSR count). The number of hydrogen-bond acceptors (Lipinski definition) is 6. The Bertz CT molecular complexity index is 1010. The highest BCUT2D eigenvalue weighted by molar-refractivity contribution is 6.32. The molecule has 0 saturated carbocycles. The summed E-state index contributed by atoms with van der Waals surface area (Å²) in [5, 5.41) is 3.47. The first-order valence-corrected chi connectivity index (χ1v) is 10.5. The highest BCUT2D eigenvalue weighted by Crippen LogP contribution is 2.29. The maximum Gasteiger partial charge on any atom is 0.246 e. The summed E-state index contributed by atoms with van der Waals surface area (Å²) >= 11 is 6.23. The van der Waals surface area contributed by atoms with Crippen LogP contribution in [-0.2, 0) is 4.79 Å². The molecule has 1 atom stereocenters. The van der Waals surface area contributed by atoms with Crippen molar-refractivity contribution in [1.82, 2.24) is 14.9 Å². The van der Waals surface area contributed by atoms with E-state index in [1.165, 1.54) is 0 Å². The highest BCUT2D eigenvalue weighted by Gasteiger charge is 2.31. The van der Waals surface area contributed by atoms with E-state index in [2.05, 4.69) is 25.1 Å². The molecule has 1 aliphatic heterocycles. The van der Waals surface area contributed by atoms with E-state index in [4.69, 9.17) is 16.3 Å². The Morgan fingerprint density at radius 2 is 1.74 bits per heavy atom. The lowest BCUT2D eigenvalue weighted by Crippen LogP contribution is -2.50. The molecule has 160 valence electrons. The molecule has 0 bridgehead atoms. The van der Waals surface area contributed by atoms with Crippen molar-refractivity contribution in [3.8, 4) is 5.75 Å². The van der Waals surface area contributed by atoms with Crippen molar-refractivity contribution < 1.29 is 9.53 Å². The van der Waals surface area contributed by atoms with Crippen molar-refractivity contribution in [2.75, 3.05) is 43.5 Å². The van der Waals surface area contributed by atoms with Gasteiger partial charge in [0, 0.05) is 44.3 Å².